The molecule has 0 fully saturated rings. The number of aromatic nitrogens is 6. The maximum Gasteiger partial charge on any atom is 0.321 e. The standard InChI is InChI=1S/C24H16F2N8O2/c1-13(25)23(35)32-16-6-3-14(4-7-16)20-19(21-22(27)30-12-31-34(21)33-20)15-5-8-18(17(26)11-15)36-24-28-9-2-10-29-24/h2-12H,1H2,(H,32,35)(H2,27,30,31). The minimum Gasteiger partial charge on any atom is -0.421 e. The first-order valence-corrected chi connectivity index (χ1v) is 10.4. The number of carbonyl (C=O) groups excluding carboxylic acids is 1. The summed E-state index contributed by atoms with van der Waals surface area (Å²) in [7, 11) is 0. The fraction of sp³-hybridized carbons (Fsp3) is 0. The highest BCUT2D eigenvalue weighted by atomic mass is 19.1. The van der Waals surface area contributed by atoms with E-state index in [4.69, 9.17) is 10.5 Å². The van der Waals surface area contributed by atoms with Gasteiger partial charge >= 0.3 is 6.01 Å². The molecule has 3 heterocycles. The van der Waals surface area contributed by atoms with Crippen molar-refractivity contribution in [3.05, 3.63) is 85.5 Å². The topological polar surface area (TPSA) is 133 Å². The zero-order valence-electron chi connectivity index (χ0n) is 18.4. The molecule has 10 nitrogen and oxygen atoms in total. The van der Waals surface area contributed by atoms with Gasteiger partial charge in [0, 0.05) is 29.2 Å². The second-order valence-corrected chi connectivity index (χ2v) is 7.42. The van der Waals surface area contributed by atoms with Crippen molar-refractivity contribution in [3.8, 4) is 34.1 Å². The Bertz CT molecular complexity index is 1600. The number of fused-ring (bicyclic) bond motifs is 1. The van der Waals surface area contributed by atoms with Crippen LogP contribution in [0.3, 0.4) is 0 Å². The fourth-order valence-electron chi connectivity index (χ4n) is 3.48. The van der Waals surface area contributed by atoms with Crippen LogP contribution in [-0.4, -0.2) is 35.7 Å². The number of nitrogen functional groups attached to an aromatic ring is 1. The second-order valence-electron chi connectivity index (χ2n) is 7.42. The lowest BCUT2D eigenvalue weighted by atomic mass is 9.99. The van der Waals surface area contributed by atoms with Crippen LogP contribution < -0.4 is 15.8 Å². The van der Waals surface area contributed by atoms with Gasteiger partial charge < -0.3 is 15.8 Å². The lowest BCUT2D eigenvalue weighted by Gasteiger charge is -2.09. The summed E-state index contributed by atoms with van der Waals surface area (Å²) in [6.07, 6.45) is 4.21. The molecule has 0 aliphatic rings. The molecule has 1 amide bonds. The minimum absolute atomic E-state index is 0.00184. The van der Waals surface area contributed by atoms with E-state index in [0.29, 0.717) is 33.6 Å². The van der Waals surface area contributed by atoms with E-state index in [2.05, 4.69) is 37.0 Å². The van der Waals surface area contributed by atoms with Crippen LogP contribution in [0.5, 0.6) is 11.8 Å². The summed E-state index contributed by atoms with van der Waals surface area (Å²) in [6, 6.07) is 12.4. The number of nitrogens with one attached hydrogen (secondary N) is 1. The van der Waals surface area contributed by atoms with Crippen LogP contribution in [0, 0.1) is 5.82 Å². The van der Waals surface area contributed by atoms with Crippen LogP contribution in [-0.2, 0) is 4.79 Å². The number of amides is 1. The Morgan fingerprint density at radius 3 is 2.47 bits per heavy atom. The summed E-state index contributed by atoms with van der Waals surface area (Å²) < 4.78 is 34.8. The minimum atomic E-state index is -1.11. The summed E-state index contributed by atoms with van der Waals surface area (Å²) in [5.41, 5.74) is 8.79. The number of carbonyl (C=O) groups is 1. The van der Waals surface area contributed by atoms with Crippen LogP contribution >= 0.6 is 0 Å². The highest BCUT2D eigenvalue weighted by molar-refractivity contribution is 6.02. The third kappa shape index (κ3) is 4.30. The van der Waals surface area contributed by atoms with E-state index in [1.165, 1.54) is 35.5 Å². The molecule has 5 rings (SSSR count). The molecule has 0 unspecified atom stereocenters. The molecule has 12 heteroatoms. The van der Waals surface area contributed by atoms with E-state index < -0.39 is 17.6 Å². The largest absolute Gasteiger partial charge is 0.421 e. The van der Waals surface area contributed by atoms with Gasteiger partial charge in [0.05, 0.1) is 0 Å². The monoisotopic (exact) mass is 486 g/mol. The Kier molecular flexibility index (Phi) is 5.74. The molecule has 0 aliphatic heterocycles. The molecule has 3 N–H and O–H groups in total. The van der Waals surface area contributed by atoms with Crippen LogP contribution in [0.1, 0.15) is 0 Å². The third-order valence-corrected chi connectivity index (χ3v) is 5.10. The number of benzene rings is 2. The summed E-state index contributed by atoms with van der Waals surface area (Å²) in [5, 5.41) is 11.0. The van der Waals surface area contributed by atoms with Gasteiger partial charge in [-0.2, -0.15) is 0 Å². The molecule has 36 heavy (non-hydrogen) atoms. The van der Waals surface area contributed by atoms with E-state index in [1.807, 2.05) is 0 Å². The molecule has 0 atom stereocenters. The highest BCUT2D eigenvalue weighted by Gasteiger charge is 2.21. The Morgan fingerprint density at radius 1 is 1.06 bits per heavy atom. The number of nitrogens with zero attached hydrogens (tertiary/aromatic N) is 6. The van der Waals surface area contributed by atoms with Crippen molar-refractivity contribution >= 4 is 22.9 Å². The number of halogens is 2. The molecule has 0 spiro atoms. The van der Waals surface area contributed by atoms with Gasteiger partial charge in [-0.05, 0) is 35.9 Å². The molecule has 0 saturated carbocycles. The predicted octanol–water partition coefficient (Wildman–Crippen LogP) is 4.18. The molecule has 2 aromatic carbocycles. The molecule has 5 aromatic rings. The number of ether oxygens (including phenoxy) is 1. The Morgan fingerprint density at radius 2 is 1.78 bits per heavy atom. The molecule has 0 saturated heterocycles. The maximum atomic E-state index is 15.1. The van der Waals surface area contributed by atoms with Gasteiger partial charge in [-0.25, -0.2) is 23.7 Å². The lowest BCUT2D eigenvalue weighted by molar-refractivity contribution is -0.114. The zero-order chi connectivity index (χ0) is 25.2. The molecular formula is C24H16F2N8O2. The zero-order valence-corrected chi connectivity index (χ0v) is 18.4. The van der Waals surface area contributed by atoms with Gasteiger partial charge in [-0.1, -0.05) is 24.8 Å². The second kappa shape index (κ2) is 9.18. The van der Waals surface area contributed by atoms with Gasteiger partial charge in [0.15, 0.2) is 23.2 Å². The third-order valence-electron chi connectivity index (χ3n) is 5.10. The lowest BCUT2D eigenvalue weighted by Crippen LogP contribution is -2.10. The smallest absolute Gasteiger partial charge is 0.321 e. The normalized spacial score (nSPS) is 10.8. The van der Waals surface area contributed by atoms with Gasteiger partial charge in [-0.3, -0.25) is 4.79 Å². The van der Waals surface area contributed by atoms with E-state index in [1.54, 1.807) is 36.4 Å². The van der Waals surface area contributed by atoms with Crippen molar-refractivity contribution in [1.82, 2.24) is 29.8 Å². The first-order valence-electron chi connectivity index (χ1n) is 10.4. The van der Waals surface area contributed by atoms with Gasteiger partial charge in [0.25, 0.3) is 5.91 Å². The summed E-state index contributed by atoms with van der Waals surface area (Å²) in [4.78, 5) is 23.5. The number of hydrogen-bond donors (Lipinski definition) is 2. The maximum absolute atomic E-state index is 15.1. The Labute approximate surface area is 202 Å². The van der Waals surface area contributed by atoms with Crippen molar-refractivity contribution < 1.29 is 18.3 Å². The van der Waals surface area contributed by atoms with E-state index in [-0.39, 0.29) is 17.6 Å². The van der Waals surface area contributed by atoms with E-state index in [0.717, 1.165) is 0 Å². The van der Waals surface area contributed by atoms with Crippen molar-refractivity contribution in [3.63, 3.8) is 0 Å². The van der Waals surface area contributed by atoms with Gasteiger partial charge in [-0.15, -0.1) is 14.8 Å². The molecule has 0 bridgehead atoms. The van der Waals surface area contributed by atoms with Crippen molar-refractivity contribution in [2.75, 3.05) is 11.1 Å². The average Bonchev–Trinajstić information content (AvgIpc) is 3.27. The molecular weight excluding hydrogens is 470 g/mol. The number of anilines is 2. The fourth-order valence-corrected chi connectivity index (χ4v) is 3.48. The van der Waals surface area contributed by atoms with E-state index in [9.17, 15) is 9.18 Å². The van der Waals surface area contributed by atoms with Crippen molar-refractivity contribution in [2.45, 2.75) is 0 Å². The molecule has 178 valence electrons. The summed E-state index contributed by atoms with van der Waals surface area (Å²) in [5.74, 6) is -2.64. The Balaban J connectivity index is 1.58. The molecule has 0 aliphatic carbocycles. The summed E-state index contributed by atoms with van der Waals surface area (Å²) >= 11 is 0. The van der Waals surface area contributed by atoms with Crippen molar-refractivity contribution in [2.24, 2.45) is 0 Å². The predicted molar refractivity (Wildman–Crippen MR) is 127 cm³/mol. The van der Waals surface area contributed by atoms with Crippen LogP contribution in [0.4, 0.5) is 20.3 Å². The molecule has 0 radical (unpaired) electrons. The van der Waals surface area contributed by atoms with Gasteiger partial charge in [0.2, 0.25) is 0 Å². The first-order chi connectivity index (χ1) is 17.4. The Hall–Kier alpha value is -5.26. The number of hydrogen-bond acceptors (Lipinski definition) is 8. The van der Waals surface area contributed by atoms with E-state index >= 15 is 4.39 Å². The van der Waals surface area contributed by atoms with Crippen LogP contribution in [0.15, 0.2) is 79.7 Å². The number of rotatable bonds is 6. The average molecular weight is 486 g/mol. The number of nitrogens with two attached hydrogens (primary N) is 1. The quantitative estimate of drug-likeness (QED) is 0.342. The SMILES string of the molecule is C=C(F)C(=O)Nc1ccc(-c2nn3ncnc(N)c3c2-c2ccc(Oc3ncccn3)c(F)c2)cc1. The van der Waals surface area contributed by atoms with Crippen LogP contribution in [0.2, 0.25) is 0 Å². The van der Waals surface area contributed by atoms with Crippen molar-refractivity contribution in [1.29, 1.82) is 0 Å². The summed E-state index contributed by atoms with van der Waals surface area (Å²) in [6.45, 7) is 2.97. The highest BCUT2D eigenvalue weighted by Crippen LogP contribution is 2.38. The first kappa shape index (κ1) is 22.5. The van der Waals surface area contributed by atoms with Gasteiger partial charge in [0.1, 0.15) is 17.5 Å². The van der Waals surface area contributed by atoms with Crippen LogP contribution in [0.25, 0.3) is 27.9 Å². The molecule has 3 aromatic heterocycles.